The molecular formula is C22H27F2N5O2. The molecule has 0 spiro atoms. The number of nitrogens with zero attached hydrogens (tertiary/aromatic N) is 5. The van der Waals surface area contributed by atoms with Gasteiger partial charge in [-0.1, -0.05) is 0 Å². The van der Waals surface area contributed by atoms with E-state index in [1.54, 1.807) is 6.20 Å². The average Bonchev–Trinajstić information content (AvgIpc) is 3.35. The third-order valence-corrected chi connectivity index (χ3v) is 7.74. The molecule has 0 radical (unpaired) electrons. The third-order valence-electron chi connectivity index (χ3n) is 7.74. The number of fused-ring (bicyclic) bond motifs is 4. The van der Waals surface area contributed by atoms with Crippen molar-refractivity contribution in [3.05, 3.63) is 18.2 Å². The molecule has 3 aliphatic heterocycles. The van der Waals surface area contributed by atoms with E-state index in [0.29, 0.717) is 43.2 Å². The molecule has 1 N–H and O–H groups in total. The van der Waals surface area contributed by atoms with Crippen molar-refractivity contribution in [3.63, 3.8) is 0 Å². The van der Waals surface area contributed by atoms with Gasteiger partial charge >= 0.3 is 6.01 Å². The molecule has 0 amide bonds. The van der Waals surface area contributed by atoms with Gasteiger partial charge in [-0.15, -0.1) is 0 Å². The summed E-state index contributed by atoms with van der Waals surface area (Å²) in [4.78, 5) is 17.3. The van der Waals surface area contributed by atoms with E-state index in [1.807, 2.05) is 0 Å². The molecule has 6 rings (SSSR count). The topological polar surface area (TPSA) is 74.6 Å². The molecule has 0 unspecified atom stereocenters. The highest BCUT2D eigenvalue weighted by atomic mass is 19.1. The summed E-state index contributed by atoms with van der Waals surface area (Å²) in [6.07, 6.45) is 5.79. The summed E-state index contributed by atoms with van der Waals surface area (Å²) in [6.45, 7) is 3.06. The summed E-state index contributed by atoms with van der Waals surface area (Å²) in [7, 11) is 0. The molecule has 5 atom stereocenters. The molecule has 1 saturated carbocycles. The van der Waals surface area contributed by atoms with Gasteiger partial charge < -0.3 is 14.7 Å². The van der Waals surface area contributed by atoms with Crippen LogP contribution in [0.4, 0.5) is 14.6 Å². The van der Waals surface area contributed by atoms with Crippen LogP contribution in [0.1, 0.15) is 32.1 Å². The fourth-order valence-corrected chi connectivity index (χ4v) is 6.33. The highest BCUT2D eigenvalue weighted by Gasteiger charge is 2.49. The summed E-state index contributed by atoms with van der Waals surface area (Å²) in [5, 5.41) is 10.8. The van der Waals surface area contributed by atoms with Gasteiger partial charge in [-0.05, 0) is 38.1 Å². The Balaban J connectivity index is 1.33. The minimum atomic E-state index is -0.837. The number of hydrogen-bond acceptors (Lipinski definition) is 7. The number of halogens is 2. The minimum Gasteiger partial charge on any atom is -0.461 e. The standard InChI is InChI=1S/C22H27F2N5O2/c23-15-6-22(2-1-3-29(22)11-15)12-31-21-26-19-16(7-25-8-17(19)24)20(27-21)28-9-13-4-14(10-28)18(30)5-13/h7-8,13-15,18,30H,1-6,9-12H2/t13-,14-,15-,18-,22+/m1/s1. The van der Waals surface area contributed by atoms with Gasteiger partial charge in [0.1, 0.15) is 24.1 Å². The average molecular weight is 431 g/mol. The molecule has 9 heteroatoms. The van der Waals surface area contributed by atoms with E-state index in [-0.39, 0.29) is 29.1 Å². The van der Waals surface area contributed by atoms with E-state index >= 15 is 0 Å². The molecule has 0 aromatic carbocycles. The first-order valence-corrected chi connectivity index (χ1v) is 11.3. The van der Waals surface area contributed by atoms with Crippen LogP contribution < -0.4 is 9.64 Å². The van der Waals surface area contributed by atoms with Gasteiger partial charge in [0.15, 0.2) is 5.82 Å². The zero-order valence-corrected chi connectivity index (χ0v) is 17.4. The second-order valence-electron chi connectivity index (χ2n) is 9.78. The van der Waals surface area contributed by atoms with Crippen LogP contribution in [0.3, 0.4) is 0 Å². The van der Waals surface area contributed by atoms with Gasteiger partial charge in [0.2, 0.25) is 0 Å². The summed E-state index contributed by atoms with van der Waals surface area (Å²) < 4.78 is 34.7. The van der Waals surface area contributed by atoms with E-state index in [4.69, 9.17) is 4.74 Å². The maximum absolute atomic E-state index is 14.6. The lowest BCUT2D eigenvalue weighted by molar-refractivity contribution is 0.107. The highest BCUT2D eigenvalue weighted by Crippen LogP contribution is 2.42. The second kappa shape index (κ2) is 7.20. The van der Waals surface area contributed by atoms with Crippen molar-refractivity contribution in [1.29, 1.82) is 0 Å². The fraction of sp³-hybridized carbons (Fsp3) is 0.682. The lowest BCUT2D eigenvalue weighted by atomic mass is 9.95. The summed E-state index contributed by atoms with van der Waals surface area (Å²) in [6, 6.07) is 0.120. The third kappa shape index (κ3) is 3.24. The lowest BCUT2D eigenvalue weighted by Crippen LogP contribution is -2.43. The number of hydrogen-bond donors (Lipinski definition) is 1. The van der Waals surface area contributed by atoms with Crippen LogP contribution in [0.25, 0.3) is 10.9 Å². The first-order valence-electron chi connectivity index (χ1n) is 11.3. The van der Waals surface area contributed by atoms with Gasteiger partial charge in [-0.3, -0.25) is 9.88 Å². The summed E-state index contributed by atoms with van der Waals surface area (Å²) in [5.41, 5.74) is -0.132. The van der Waals surface area contributed by atoms with Gasteiger partial charge in [0.25, 0.3) is 0 Å². The quantitative estimate of drug-likeness (QED) is 0.796. The van der Waals surface area contributed by atoms with E-state index < -0.39 is 12.0 Å². The van der Waals surface area contributed by atoms with Gasteiger partial charge in [-0.25, -0.2) is 8.78 Å². The van der Waals surface area contributed by atoms with Crippen LogP contribution in [0, 0.1) is 17.7 Å². The van der Waals surface area contributed by atoms with E-state index in [0.717, 1.165) is 45.0 Å². The number of piperidine rings is 1. The SMILES string of the molecule is O[C@@H]1C[C@H]2C[C@@H]1CN(c1nc(OC[C@@]34CCCN3C[C@H](F)C4)nc3c(F)cncc13)C2. The number of aromatic nitrogens is 3. The number of aliphatic hydroxyl groups is 1. The van der Waals surface area contributed by atoms with Crippen molar-refractivity contribution in [2.24, 2.45) is 11.8 Å². The molecule has 1 aliphatic carbocycles. The van der Waals surface area contributed by atoms with Crippen molar-refractivity contribution in [2.45, 2.75) is 49.9 Å². The van der Waals surface area contributed by atoms with Gasteiger partial charge in [0.05, 0.1) is 23.2 Å². The molecular weight excluding hydrogens is 404 g/mol. The van der Waals surface area contributed by atoms with Crippen LogP contribution in [0.2, 0.25) is 0 Å². The Morgan fingerprint density at radius 3 is 2.97 bits per heavy atom. The monoisotopic (exact) mass is 431 g/mol. The Bertz CT molecular complexity index is 1010. The zero-order valence-electron chi connectivity index (χ0n) is 17.4. The van der Waals surface area contributed by atoms with Crippen LogP contribution in [0.5, 0.6) is 6.01 Å². The molecule has 31 heavy (non-hydrogen) atoms. The number of anilines is 1. The van der Waals surface area contributed by atoms with Crippen molar-refractivity contribution < 1.29 is 18.6 Å². The maximum Gasteiger partial charge on any atom is 0.319 e. The van der Waals surface area contributed by atoms with Crippen LogP contribution in [-0.2, 0) is 0 Å². The van der Waals surface area contributed by atoms with Crippen molar-refractivity contribution >= 4 is 16.7 Å². The normalized spacial score (nSPS) is 35.1. The van der Waals surface area contributed by atoms with Crippen molar-refractivity contribution in [2.75, 3.05) is 37.7 Å². The number of alkyl halides is 1. The molecule has 3 saturated heterocycles. The van der Waals surface area contributed by atoms with Crippen molar-refractivity contribution in [3.8, 4) is 6.01 Å². The summed E-state index contributed by atoms with van der Waals surface area (Å²) >= 11 is 0. The van der Waals surface area contributed by atoms with E-state index in [9.17, 15) is 13.9 Å². The van der Waals surface area contributed by atoms with Crippen LogP contribution >= 0.6 is 0 Å². The molecule has 2 aromatic heterocycles. The smallest absolute Gasteiger partial charge is 0.319 e. The number of aliphatic hydroxyl groups excluding tert-OH is 1. The molecule has 7 nitrogen and oxygen atoms in total. The van der Waals surface area contributed by atoms with Crippen LogP contribution in [0.15, 0.2) is 12.4 Å². The Hall–Kier alpha value is -2.13. The van der Waals surface area contributed by atoms with Crippen LogP contribution in [-0.4, -0.2) is 75.6 Å². The lowest BCUT2D eigenvalue weighted by Gasteiger charge is -2.34. The Labute approximate surface area is 179 Å². The predicted molar refractivity (Wildman–Crippen MR) is 110 cm³/mol. The number of ether oxygens (including phenoxy) is 1. The molecule has 4 fully saturated rings. The van der Waals surface area contributed by atoms with Gasteiger partial charge in [0, 0.05) is 38.2 Å². The van der Waals surface area contributed by atoms with Gasteiger partial charge in [-0.2, -0.15) is 9.97 Å². The summed E-state index contributed by atoms with van der Waals surface area (Å²) in [5.74, 6) is 0.679. The maximum atomic E-state index is 14.6. The first kappa shape index (κ1) is 19.5. The molecule has 2 aromatic rings. The second-order valence-corrected chi connectivity index (χ2v) is 9.78. The number of rotatable bonds is 4. The Kier molecular flexibility index (Phi) is 4.54. The molecule has 4 aliphatic rings. The molecule has 5 heterocycles. The molecule has 2 bridgehead atoms. The fourth-order valence-electron chi connectivity index (χ4n) is 6.33. The largest absolute Gasteiger partial charge is 0.461 e. The Morgan fingerprint density at radius 2 is 2.10 bits per heavy atom. The zero-order chi connectivity index (χ0) is 21.2. The van der Waals surface area contributed by atoms with E-state index in [2.05, 4.69) is 24.8 Å². The Morgan fingerprint density at radius 1 is 1.19 bits per heavy atom. The van der Waals surface area contributed by atoms with Crippen molar-refractivity contribution in [1.82, 2.24) is 19.9 Å². The van der Waals surface area contributed by atoms with E-state index in [1.165, 1.54) is 0 Å². The first-order chi connectivity index (χ1) is 15.0. The predicted octanol–water partition coefficient (Wildman–Crippen LogP) is 2.33. The molecule has 166 valence electrons. The highest BCUT2D eigenvalue weighted by molar-refractivity contribution is 5.89. The minimum absolute atomic E-state index is 0.120. The number of pyridine rings is 1.